The zero-order chi connectivity index (χ0) is 8.97. The largest absolute Gasteiger partial charge is 0.244 e. The molecule has 1 unspecified atom stereocenters. The van der Waals surface area contributed by atoms with Crippen molar-refractivity contribution < 1.29 is 0 Å². The molecule has 66 valence electrons. The number of nitrogens with zero attached hydrogens (tertiary/aromatic N) is 2. The van der Waals surface area contributed by atoms with Crippen LogP contribution >= 0.6 is 46.0 Å². The van der Waals surface area contributed by atoms with Crippen LogP contribution in [0.15, 0.2) is 17.6 Å². The third-order valence-corrected chi connectivity index (χ3v) is 4.08. The predicted molar refractivity (Wildman–Crippen MR) is 60.8 cm³/mol. The first kappa shape index (κ1) is 10.5. The monoisotopic (exact) mass is 314 g/mol. The van der Waals surface area contributed by atoms with Crippen LogP contribution in [0, 0.1) is 3.57 Å². The molecular weight excluding hydrogens is 307 g/mol. The van der Waals surface area contributed by atoms with Gasteiger partial charge in [-0.1, -0.05) is 6.92 Å². The number of hydrogen-bond acceptors (Lipinski definition) is 3. The van der Waals surface area contributed by atoms with E-state index in [1.54, 1.807) is 24.3 Å². The van der Waals surface area contributed by atoms with Crippen molar-refractivity contribution in [1.29, 1.82) is 0 Å². The fourth-order valence-electron chi connectivity index (χ4n) is 0.610. The Bertz CT molecular complexity index is 259. The molecule has 0 aliphatic rings. The minimum atomic E-state index is 0.398. The van der Waals surface area contributed by atoms with Gasteiger partial charge in [-0.25, -0.2) is 9.97 Å². The second-order valence-electron chi connectivity index (χ2n) is 2.26. The minimum Gasteiger partial charge on any atom is -0.244 e. The van der Waals surface area contributed by atoms with E-state index in [2.05, 4.69) is 39.5 Å². The van der Waals surface area contributed by atoms with Gasteiger partial charge in [0.2, 0.25) is 0 Å². The molecule has 0 amide bonds. The lowest BCUT2D eigenvalue weighted by Crippen LogP contribution is -1.99. The Kier molecular flexibility index (Phi) is 4.60. The highest BCUT2D eigenvalue weighted by molar-refractivity contribution is 14.1. The van der Waals surface area contributed by atoms with E-state index in [4.69, 9.17) is 11.6 Å². The van der Waals surface area contributed by atoms with Gasteiger partial charge in [-0.05, 0) is 22.6 Å². The molecule has 0 aliphatic carbocycles. The molecule has 0 aliphatic heterocycles. The normalized spacial score (nSPS) is 12.9. The maximum atomic E-state index is 5.69. The van der Waals surface area contributed by atoms with Crippen molar-refractivity contribution >= 4 is 46.0 Å². The van der Waals surface area contributed by atoms with Gasteiger partial charge in [0.05, 0.1) is 3.57 Å². The first-order valence-corrected chi connectivity index (χ1v) is 5.91. The third-order valence-electron chi connectivity index (χ3n) is 1.16. The van der Waals surface area contributed by atoms with E-state index in [1.807, 2.05) is 0 Å². The predicted octanol–water partition coefficient (Wildman–Crippen LogP) is 2.80. The molecule has 0 saturated heterocycles. The average molecular weight is 315 g/mol. The van der Waals surface area contributed by atoms with Crippen LogP contribution in [0.25, 0.3) is 0 Å². The standard InChI is InChI=1S/C7H8ClIN2S/c1-5(2-8)12-7-6(9)3-10-4-11-7/h3-5H,2H2,1H3. The lowest BCUT2D eigenvalue weighted by Gasteiger charge is -2.06. The fraction of sp³-hybridized carbons (Fsp3) is 0.429. The molecule has 0 bridgehead atoms. The van der Waals surface area contributed by atoms with Gasteiger partial charge in [0.25, 0.3) is 0 Å². The van der Waals surface area contributed by atoms with Crippen LogP contribution in [0.4, 0.5) is 0 Å². The molecule has 0 radical (unpaired) electrons. The number of hydrogen-bond donors (Lipinski definition) is 0. The summed E-state index contributed by atoms with van der Waals surface area (Å²) in [7, 11) is 0. The van der Waals surface area contributed by atoms with Crippen molar-refractivity contribution in [2.75, 3.05) is 5.88 Å². The van der Waals surface area contributed by atoms with Crippen LogP contribution in [0.5, 0.6) is 0 Å². The van der Waals surface area contributed by atoms with Gasteiger partial charge in [0.1, 0.15) is 11.4 Å². The van der Waals surface area contributed by atoms with Crippen LogP contribution in [-0.2, 0) is 0 Å². The summed E-state index contributed by atoms with van der Waals surface area (Å²) >= 11 is 9.59. The molecule has 0 spiro atoms. The van der Waals surface area contributed by atoms with Gasteiger partial charge in [-0.15, -0.1) is 23.4 Å². The highest BCUT2D eigenvalue weighted by atomic mass is 127. The maximum absolute atomic E-state index is 5.69. The quantitative estimate of drug-likeness (QED) is 0.371. The van der Waals surface area contributed by atoms with E-state index in [0.29, 0.717) is 11.1 Å². The third kappa shape index (κ3) is 3.06. The van der Waals surface area contributed by atoms with E-state index < -0.39 is 0 Å². The first-order valence-electron chi connectivity index (χ1n) is 3.42. The number of aromatic nitrogens is 2. The zero-order valence-corrected chi connectivity index (χ0v) is 10.2. The van der Waals surface area contributed by atoms with Crippen molar-refractivity contribution in [1.82, 2.24) is 9.97 Å². The fourth-order valence-corrected chi connectivity index (χ4v) is 2.20. The molecule has 5 heteroatoms. The van der Waals surface area contributed by atoms with Crippen LogP contribution in [0.1, 0.15) is 6.92 Å². The molecular formula is C7H8ClIN2S. The molecule has 1 aromatic heterocycles. The van der Waals surface area contributed by atoms with E-state index in [0.717, 1.165) is 8.60 Å². The Morgan fingerprint density at radius 1 is 1.75 bits per heavy atom. The molecule has 2 nitrogen and oxygen atoms in total. The summed E-state index contributed by atoms with van der Waals surface area (Å²) in [6, 6.07) is 0. The molecule has 0 aromatic carbocycles. The van der Waals surface area contributed by atoms with Crippen LogP contribution in [-0.4, -0.2) is 21.1 Å². The smallest absolute Gasteiger partial charge is 0.116 e. The Morgan fingerprint density at radius 2 is 2.50 bits per heavy atom. The van der Waals surface area contributed by atoms with Crippen LogP contribution < -0.4 is 0 Å². The van der Waals surface area contributed by atoms with Gasteiger partial charge in [-0.3, -0.25) is 0 Å². The van der Waals surface area contributed by atoms with Crippen LogP contribution in [0.2, 0.25) is 0 Å². The summed E-state index contributed by atoms with van der Waals surface area (Å²) in [6.45, 7) is 2.08. The first-order chi connectivity index (χ1) is 5.74. The van der Waals surface area contributed by atoms with Gasteiger partial charge in [-0.2, -0.15) is 0 Å². The number of rotatable bonds is 3. The van der Waals surface area contributed by atoms with Gasteiger partial charge < -0.3 is 0 Å². The molecule has 0 N–H and O–H groups in total. The van der Waals surface area contributed by atoms with Crippen molar-refractivity contribution in [2.45, 2.75) is 17.2 Å². The van der Waals surface area contributed by atoms with Crippen molar-refractivity contribution in [3.05, 3.63) is 16.1 Å². The second-order valence-corrected chi connectivity index (χ2v) is 5.16. The Balaban J connectivity index is 2.69. The lowest BCUT2D eigenvalue weighted by molar-refractivity contribution is 1.01. The summed E-state index contributed by atoms with van der Waals surface area (Å²) in [4.78, 5) is 8.07. The second kappa shape index (κ2) is 5.24. The average Bonchev–Trinajstić information content (AvgIpc) is 2.09. The molecule has 1 atom stereocenters. The van der Waals surface area contributed by atoms with E-state index >= 15 is 0 Å². The van der Waals surface area contributed by atoms with Gasteiger partial charge in [0, 0.05) is 17.3 Å². The van der Waals surface area contributed by atoms with Crippen LogP contribution in [0.3, 0.4) is 0 Å². The maximum Gasteiger partial charge on any atom is 0.116 e. The Labute approximate surface area is 94.7 Å². The molecule has 1 rings (SSSR count). The van der Waals surface area contributed by atoms with E-state index in [-0.39, 0.29) is 0 Å². The lowest BCUT2D eigenvalue weighted by atomic mass is 10.6. The summed E-state index contributed by atoms with van der Waals surface area (Å²) in [5, 5.41) is 1.41. The zero-order valence-electron chi connectivity index (χ0n) is 6.50. The number of halogens is 2. The highest BCUT2D eigenvalue weighted by Gasteiger charge is 2.06. The van der Waals surface area contributed by atoms with Crippen molar-refractivity contribution in [3.8, 4) is 0 Å². The van der Waals surface area contributed by atoms with Crippen molar-refractivity contribution in [3.63, 3.8) is 0 Å². The number of alkyl halides is 1. The summed E-state index contributed by atoms with van der Waals surface area (Å²) in [5.74, 6) is 0.644. The van der Waals surface area contributed by atoms with E-state index in [1.165, 1.54) is 0 Å². The summed E-state index contributed by atoms with van der Waals surface area (Å²) < 4.78 is 1.08. The molecule has 1 heterocycles. The number of thioether (sulfide) groups is 1. The molecule has 0 saturated carbocycles. The molecule has 12 heavy (non-hydrogen) atoms. The SMILES string of the molecule is CC(CCl)Sc1ncncc1I. The van der Waals surface area contributed by atoms with E-state index in [9.17, 15) is 0 Å². The van der Waals surface area contributed by atoms with Gasteiger partial charge >= 0.3 is 0 Å². The van der Waals surface area contributed by atoms with Gasteiger partial charge in [0.15, 0.2) is 0 Å². The highest BCUT2D eigenvalue weighted by Crippen LogP contribution is 2.25. The minimum absolute atomic E-state index is 0.398. The topological polar surface area (TPSA) is 25.8 Å². The Morgan fingerprint density at radius 3 is 3.08 bits per heavy atom. The van der Waals surface area contributed by atoms with Crippen molar-refractivity contribution in [2.24, 2.45) is 0 Å². The molecule has 0 fully saturated rings. The summed E-state index contributed by atoms with van der Waals surface area (Å²) in [6.07, 6.45) is 3.36. The molecule has 1 aromatic rings. The Hall–Kier alpha value is 0.450. The summed E-state index contributed by atoms with van der Waals surface area (Å²) in [5.41, 5.74) is 0.